The highest BCUT2D eigenvalue weighted by Gasteiger charge is 2.10. The maximum atomic E-state index is 10.8. The summed E-state index contributed by atoms with van der Waals surface area (Å²) in [4.78, 5) is 10.8. The topological polar surface area (TPSA) is 46.5 Å². The van der Waals surface area contributed by atoms with Crippen molar-refractivity contribution < 1.29 is 14.6 Å². The Morgan fingerprint density at radius 1 is 1.39 bits per heavy atom. The van der Waals surface area contributed by atoms with E-state index in [4.69, 9.17) is 16.3 Å². The molecule has 18 heavy (non-hydrogen) atoms. The minimum Gasteiger partial charge on any atom is -0.507 e. The molecule has 0 aromatic heterocycles. The third-order valence-electron chi connectivity index (χ3n) is 2.87. The highest BCUT2D eigenvalue weighted by molar-refractivity contribution is 6.31. The van der Waals surface area contributed by atoms with Crippen LogP contribution in [0.4, 0.5) is 0 Å². The van der Waals surface area contributed by atoms with Gasteiger partial charge >= 0.3 is 5.97 Å². The molecule has 0 saturated carbocycles. The molecule has 0 radical (unpaired) electrons. The molecule has 3 nitrogen and oxygen atoms in total. The van der Waals surface area contributed by atoms with Crippen LogP contribution in [0.3, 0.4) is 0 Å². The van der Waals surface area contributed by atoms with Crippen LogP contribution >= 0.6 is 11.6 Å². The van der Waals surface area contributed by atoms with Gasteiger partial charge in [0.25, 0.3) is 0 Å². The van der Waals surface area contributed by atoms with Crippen molar-refractivity contribution >= 4 is 28.3 Å². The standard InChI is InChI=1S/C14H13ClO3/c1-8-11(7-18-9(2)16)5-10-3-4-12(15)6-13(10)14(8)17/h3-6,17H,7H2,1-2H3. The van der Waals surface area contributed by atoms with Gasteiger partial charge in [-0.1, -0.05) is 17.7 Å². The first-order valence-electron chi connectivity index (χ1n) is 5.53. The number of phenolic OH excluding ortho intramolecular Hbond substituents is 1. The van der Waals surface area contributed by atoms with Crippen molar-refractivity contribution in [2.75, 3.05) is 0 Å². The molecule has 0 heterocycles. The molecule has 0 aliphatic carbocycles. The molecule has 0 atom stereocenters. The number of ether oxygens (including phenoxy) is 1. The van der Waals surface area contributed by atoms with Crippen LogP contribution in [-0.4, -0.2) is 11.1 Å². The number of phenols is 1. The molecular weight excluding hydrogens is 252 g/mol. The second-order valence-corrected chi connectivity index (χ2v) is 4.59. The van der Waals surface area contributed by atoms with E-state index in [2.05, 4.69) is 0 Å². The largest absolute Gasteiger partial charge is 0.507 e. The molecule has 0 unspecified atom stereocenters. The summed E-state index contributed by atoms with van der Waals surface area (Å²) < 4.78 is 4.96. The van der Waals surface area contributed by atoms with Gasteiger partial charge in [-0.05, 0) is 41.6 Å². The average molecular weight is 265 g/mol. The van der Waals surface area contributed by atoms with Crippen molar-refractivity contribution in [3.63, 3.8) is 0 Å². The normalized spacial score (nSPS) is 10.6. The monoisotopic (exact) mass is 264 g/mol. The van der Waals surface area contributed by atoms with Crippen LogP contribution in [0, 0.1) is 6.92 Å². The minimum absolute atomic E-state index is 0.160. The highest BCUT2D eigenvalue weighted by Crippen LogP contribution is 2.33. The zero-order valence-corrected chi connectivity index (χ0v) is 10.9. The fourth-order valence-corrected chi connectivity index (χ4v) is 2.01. The second-order valence-electron chi connectivity index (χ2n) is 4.16. The van der Waals surface area contributed by atoms with Crippen LogP contribution in [0.5, 0.6) is 5.75 Å². The van der Waals surface area contributed by atoms with Crippen LogP contribution in [0.25, 0.3) is 10.8 Å². The van der Waals surface area contributed by atoms with Crippen LogP contribution < -0.4 is 0 Å². The lowest BCUT2D eigenvalue weighted by molar-refractivity contribution is -0.142. The molecular formula is C14H13ClO3. The van der Waals surface area contributed by atoms with Gasteiger partial charge in [0.2, 0.25) is 0 Å². The number of halogens is 1. The summed E-state index contributed by atoms with van der Waals surface area (Å²) >= 11 is 5.91. The first-order chi connectivity index (χ1) is 8.49. The van der Waals surface area contributed by atoms with Crippen LogP contribution in [-0.2, 0) is 16.1 Å². The Hall–Kier alpha value is -1.74. The number of carbonyl (C=O) groups is 1. The molecule has 2 aromatic carbocycles. The first-order valence-corrected chi connectivity index (χ1v) is 5.91. The van der Waals surface area contributed by atoms with Crippen LogP contribution in [0.15, 0.2) is 24.3 Å². The van der Waals surface area contributed by atoms with Crippen molar-refractivity contribution in [2.24, 2.45) is 0 Å². The van der Waals surface area contributed by atoms with Gasteiger partial charge in [0.05, 0.1) is 0 Å². The fourth-order valence-electron chi connectivity index (χ4n) is 1.84. The summed E-state index contributed by atoms with van der Waals surface area (Å²) in [6.45, 7) is 3.30. The lowest BCUT2D eigenvalue weighted by atomic mass is 10.0. The highest BCUT2D eigenvalue weighted by atomic mass is 35.5. The van der Waals surface area contributed by atoms with Crippen molar-refractivity contribution in [2.45, 2.75) is 20.5 Å². The number of hydrogen-bond acceptors (Lipinski definition) is 3. The summed E-state index contributed by atoms with van der Waals surface area (Å²) in [5.74, 6) is -0.165. The van der Waals surface area contributed by atoms with E-state index in [1.165, 1.54) is 6.92 Å². The number of carbonyl (C=O) groups excluding carboxylic acids is 1. The minimum atomic E-state index is -0.343. The van der Waals surface area contributed by atoms with E-state index in [-0.39, 0.29) is 18.3 Å². The number of rotatable bonds is 2. The molecule has 2 aromatic rings. The van der Waals surface area contributed by atoms with Gasteiger partial charge in [0.1, 0.15) is 12.4 Å². The van der Waals surface area contributed by atoms with Gasteiger partial charge in [-0.3, -0.25) is 4.79 Å². The summed E-state index contributed by atoms with van der Waals surface area (Å²) in [6, 6.07) is 7.20. The van der Waals surface area contributed by atoms with Crippen molar-refractivity contribution in [3.8, 4) is 5.75 Å². The zero-order valence-electron chi connectivity index (χ0n) is 10.2. The Balaban J connectivity index is 2.53. The number of fused-ring (bicyclic) bond motifs is 1. The first kappa shape index (κ1) is 12.7. The van der Waals surface area contributed by atoms with E-state index in [9.17, 15) is 9.90 Å². The molecule has 0 aliphatic heterocycles. The lowest BCUT2D eigenvalue weighted by Crippen LogP contribution is -2.00. The van der Waals surface area contributed by atoms with Gasteiger partial charge in [-0.15, -0.1) is 0 Å². The number of benzene rings is 2. The Bertz CT molecular complexity index is 620. The molecule has 94 valence electrons. The molecule has 1 N–H and O–H groups in total. The summed E-state index contributed by atoms with van der Waals surface area (Å²) in [5.41, 5.74) is 1.49. The predicted octanol–water partition coefficient (Wildman–Crippen LogP) is 3.57. The second kappa shape index (κ2) is 4.86. The molecule has 0 fully saturated rings. The van der Waals surface area contributed by atoms with Crippen LogP contribution in [0.1, 0.15) is 18.1 Å². The van der Waals surface area contributed by atoms with E-state index in [0.717, 1.165) is 10.9 Å². The predicted molar refractivity (Wildman–Crippen MR) is 70.8 cm³/mol. The Labute approximate surface area is 110 Å². The molecule has 0 saturated heterocycles. The van der Waals surface area contributed by atoms with Crippen molar-refractivity contribution in [1.82, 2.24) is 0 Å². The van der Waals surface area contributed by atoms with Gasteiger partial charge in [-0.25, -0.2) is 0 Å². The van der Waals surface area contributed by atoms with Crippen LogP contribution in [0.2, 0.25) is 5.02 Å². The quantitative estimate of drug-likeness (QED) is 0.844. The summed E-state index contributed by atoms with van der Waals surface area (Å²) in [5, 5.41) is 12.3. The number of esters is 1. The maximum absolute atomic E-state index is 10.8. The van der Waals surface area contributed by atoms with Gasteiger partial charge in [-0.2, -0.15) is 0 Å². The zero-order chi connectivity index (χ0) is 13.3. The van der Waals surface area contributed by atoms with E-state index in [1.54, 1.807) is 19.1 Å². The van der Waals surface area contributed by atoms with Gasteiger partial charge in [0, 0.05) is 17.3 Å². The van der Waals surface area contributed by atoms with Gasteiger partial charge in [0.15, 0.2) is 0 Å². The van der Waals surface area contributed by atoms with Crippen molar-refractivity contribution in [1.29, 1.82) is 0 Å². The summed E-state index contributed by atoms with van der Waals surface area (Å²) in [7, 11) is 0. The molecule has 0 aliphatic rings. The van der Waals surface area contributed by atoms with E-state index in [0.29, 0.717) is 16.0 Å². The van der Waals surface area contributed by atoms with Gasteiger partial charge < -0.3 is 9.84 Å². The molecule has 0 amide bonds. The maximum Gasteiger partial charge on any atom is 0.302 e. The Morgan fingerprint density at radius 3 is 2.78 bits per heavy atom. The Kier molecular flexibility index (Phi) is 3.43. The fraction of sp³-hybridized carbons (Fsp3) is 0.214. The molecule has 0 bridgehead atoms. The third-order valence-corrected chi connectivity index (χ3v) is 3.10. The van der Waals surface area contributed by atoms with E-state index in [1.807, 2.05) is 12.1 Å². The molecule has 4 heteroatoms. The molecule has 0 spiro atoms. The smallest absolute Gasteiger partial charge is 0.302 e. The number of hydrogen-bond donors (Lipinski definition) is 1. The van der Waals surface area contributed by atoms with E-state index < -0.39 is 0 Å². The third kappa shape index (κ3) is 2.41. The Morgan fingerprint density at radius 2 is 2.11 bits per heavy atom. The lowest BCUT2D eigenvalue weighted by Gasteiger charge is -2.11. The van der Waals surface area contributed by atoms with Crippen molar-refractivity contribution in [3.05, 3.63) is 40.4 Å². The number of aromatic hydroxyl groups is 1. The molecule has 2 rings (SSSR count). The SMILES string of the molecule is CC(=O)OCc1cc2ccc(Cl)cc2c(O)c1C. The van der Waals surface area contributed by atoms with E-state index >= 15 is 0 Å². The summed E-state index contributed by atoms with van der Waals surface area (Å²) in [6.07, 6.45) is 0. The average Bonchev–Trinajstić information content (AvgIpc) is 2.32.